The lowest BCUT2D eigenvalue weighted by molar-refractivity contribution is -0.392. The van der Waals surface area contributed by atoms with E-state index in [2.05, 4.69) is 0 Å². The Kier molecular flexibility index (Phi) is 4.34. The summed E-state index contributed by atoms with van der Waals surface area (Å²) in [5.41, 5.74) is 1.12. The number of aromatic hydroxyl groups is 1. The van der Waals surface area contributed by atoms with Crippen LogP contribution in [0.5, 0.6) is 17.2 Å². The molecule has 7 rings (SSSR count). The normalized spacial score (nSPS) is 37.4. The number of phenolic OH excluding ortho intramolecular Hbond substituents is 1. The number of carbonyl (C=O) groups excluding carboxylic acids is 1. The molecule has 4 bridgehead atoms. The van der Waals surface area contributed by atoms with Crippen LogP contribution >= 0.6 is 0 Å². The molecule has 2 aliphatic carbocycles. The van der Waals surface area contributed by atoms with E-state index < -0.39 is 41.4 Å². The number of hydrogen-bond donors (Lipinski definition) is 3. The van der Waals surface area contributed by atoms with E-state index >= 15 is 0 Å². The maximum atomic E-state index is 12.9. The first kappa shape index (κ1) is 22.7. The van der Waals surface area contributed by atoms with Crippen LogP contribution in [0, 0.1) is 12.8 Å². The first-order valence-electron chi connectivity index (χ1n) is 12.1. The molecule has 36 heavy (non-hydrogen) atoms. The average molecular weight is 501 g/mol. The van der Waals surface area contributed by atoms with Crippen molar-refractivity contribution in [3.8, 4) is 17.2 Å². The predicted octanol–water partition coefficient (Wildman–Crippen LogP) is 1.65. The van der Waals surface area contributed by atoms with Gasteiger partial charge in [-0.2, -0.15) is 0 Å². The number of hydrogen-bond acceptors (Lipinski definition) is 10. The van der Waals surface area contributed by atoms with Gasteiger partial charge in [-0.15, -0.1) is 0 Å². The number of ketones is 1. The molecule has 1 saturated carbocycles. The van der Waals surface area contributed by atoms with Gasteiger partial charge in [-0.1, -0.05) is 0 Å². The number of benzene rings is 2. The predicted molar refractivity (Wildman–Crippen MR) is 122 cm³/mol. The van der Waals surface area contributed by atoms with E-state index in [0.29, 0.717) is 46.9 Å². The third-order valence-electron chi connectivity index (χ3n) is 8.89. The number of Topliss-reactive ketones (excluding diaryl/α,β-unsaturated/α-hetero) is 1. The van der Waals surface area contributed by atoms with Gasteiger partial charge in [0.25, 0.3) is 5.79 Å². The lowest BCUT2D eigenvalue weighted by Crippen LogP contribution is -2.67. The topological polar surface area (TPSA) is 136 Å². The summed E-state index contributed by atoms with van der Waals surface area (Å²) in [6.07, 6.45) is -0.506. The van der Waals surface area contributed by atoms with Gasteiger partial charge in [0.2, 0.25) is 12.1 Å². The average Bonchev–Trinajstić information content (AvgIpc) is 3.55. The Labute approximate surface area is 206 Å². The van der Waals surface area contributed by atoms with E-state index in [1.807, 2.05) is 13.0 Å². The van der Waals surface area contributed by atoms with Gasteiger partial charge in [0.15, 0.2) is 11.4 Å². The third-order valence-corrected chi connectivity index (χ3v) is 8.89. The van der Waals surface area contributed by atoms with Crippen molar-refractivity contribution in [3.05, 3.63) is 28.3 Å². The van der Waals surface area contributed by atoms with E-state index in [1.54, 1.807) is 0 Å². The van der Waals surface area contributed by atoms with Crippen LogP contribution in [-0.4, -0.2) is 78.6 Å². The number of fused-ring (bicyclic) bond motifs is 6. The first-order valence-corrected chi connectivity index (χ1v) is 12.1. The van der Waals surface area contributed by atoms with Gasteiger partial charge >= 0.3 is 0 Å². The van der Waals surface area contributed by atoms with Crippen molar-refractivity contribution >= 4 is 16.6 Å². The number of methoxy groups -OCH3 is 3. The van der Waals surface area contributed by atoms with Crippen LogP contribution in [0.2, 0.25) is 0 Å². The maximum Gasteiger partial charge on any atom is 0.267 e. The van der Waals surface area contributed by atoms with Gasteiger partial charge in [-0.05, 0) is 31.4 Å². The molecule has 0 aromatic heterocycles. The van der Waals surface area contributed by atoms with Gasteiger partial charge in [0.05, 0.1) is 30.6 Å². The van der Waals surface area contributed by atoms with Gasteiger partial charge in [-0.25, -0.2) is 0 Å². The zero-order valence-corrected chi connectivity index (χ0v) is 20.4. The lowest BCUT2D eigenvalue weighted by atomic mass is 9.77. The number of phenols is 1. The Balaban J connectivity index is 1.54. The lowest BCUT2D eigenvalue weighted by Gasteiger charge is -2.46. The van der Waals surface area contributed by atoms with Crippen LogP contribution in [0.1, 0.15) is 45.8 Å². The molecule has 0 amide bonds. The highest BCUT2D eigenvalue weighted by Gasteiger charge is 2.90. The minimum atomic E-state index is -1.94. The molecule has 6 atom stereocenters. The highest BCUT2D eigenvalue weighted by atomic mass is 16.8. The summed E-state index contributed by atoms with van der Waals surface area (Å²) in [7, 11) is 4.34. The van der Waals surface area contributed by atoms with Gasteiger partial charge in [0.1, 0.15) is 23.4 Å². The highest BCUT2D eigenvalue weighted by Crippen LogP contribution is 2.73. The van der Waals surface area contributed by atoms with Gasteiger partial charge in [0, 0.05) is 43.1 Å². The number of epoxide rings is 1. The van der Waals surface area contributed by atoms with Crippen molar-refractivity contribution in [2.45, 2.75) is 61.7 Å². The molecule has 5 aliphatic rings. The zero-order chi connectivity index (χ0) is 25.4. The van der Waals surface area contributed by atoms with Crippen molar-refractivity contribution in [1.29, 1.82) is 0 Å². The van der Waals surface area contributed by atoms with Crippen molar-refractivity contribution in [2.75, 3.05) is 27.9 Å². The summed E-state index contributed by atoms with van der Waals surface area (Å²) >= 11 is 0. The number of aliphatic hydroxyl groups is 2. The number of aryl methyl sites for hydroxylation is 1. The second kappa shape index (κ2) is 6.89. The van der Waals surface area contributed by atoms with Crippen LogP contribution in [0.15, 0.2) is 6.07 Å². The zero-order valence-electron chi connectivity index (χ0n) is 20.4. The Morgan fingerprint density at radius 3 is 2.53 bits per heavy atom. The second-order valence-electron chi connectivity index (χ2n) is 10.4. The molecule has 1 spiro atoms. The molecule has 3 N–H and O–H groups in total. The van der Waals surface area contributed by atoms with E-state index in [-0.39, 0.29) is 29.5 Å². The number of carbonyl (C=O) groups is 1. The Bertz CT molecular complexity index is 1340. The van der Waals surface area contributed by atoms with E-state index in [9.17, 15) is 20.1 Å². The summed E-state index contributed by atoms with van der Waals surface area (Å²) in [6.45, 7) is 2.04. The van der Waals surface area contributed by atoms with Crippen molar-refractivity contribution in [2.24, 2.45) is 5.92 Å². The van der Waals surface area contributed by atoms with E-state index in [4.69, 9.17) is 28.4 Å². The summed E-state index contributed by atoms with van der Waals surface area (Å²) in [5, 5.41) is 36.0. The first-order chi connectivity index (χ1) is 17.2. The SMILES string of the molecule is COc1c2c(c(O)c3c4c(c(C)cc13)C1C3OC(O)(C(OC)OC)C1[C@]1(CO1)[C@]3(O)O4)C(=O)CCC2. The molecular formula is C26H28O10. The van der Waals surface area contributed by atoms with Crippen LogP contribution in [0.4, 0.5) is 0 Å². The van der Waals surface area contributed by atoms with Gasteiger partial charge in [-0.3, -0.25) is 4.79 Å². The molecule has 3 heterocycles. The summed E-state index contributed by atoms with van der Waals surface area (Å²) < 4.78 is 34.8. The molecule has 2 aromatic rings. The van der Waals surface area contributed by atoms with Gasteiger partial charge < -0.3 is 43.7 Å². The minimum Gasteiger partial charge on any atom is -0.506 e. The monoisotopic (exact) mass is 500 g/mol. The largest absolute Gasteiger partial charge is 0.506 e. The summed E-state index contributed by atoms with van der Waals surface area (Å²) in [5.74, 6) is -4.80. The van der Waals surface area contributed by atoms with E-state index in [1.165, 1.54) is 21.3 Å². The molecule has 10 nitrogen and oxygen atoms in total. The van der Waals surface area contributed by atoms with Crippen LogP contribution in [0.3, 0.4) is 0 Å². The molecule has 3 fully saturated rings. The standard InChI is InChI=1S/C26H28O10/c1-10-8-12-16(18(28)15-11(19(12)31-2)6-5-7-13(15)27)20-14(10)17-21-24(9-34-24)26(30,35-20)22(17)36-25(21,29)23(32-3)33-4/h8,17,21-23,28-30H,5-7,9H2,1-4H3/t17?,21?,22?,24-,25?,26-/m1/s1. The van der Waals surface area contributed by atoms with Crippen molar-refractivity contribution < 1.29 is 48.5 Å². The Morgan fingerprint density at radius 2 is 1.89 bits per heavy atom. The van der Waals surface area contributed by atoms with Crippen LogP contribution < -0.4 is 9.47 Å². The molecule has 192 valence electrons. The molecule has 2 saturated heterocycles. The summed E-state index contributed by atoms with van der Waals surface area (Å²) in [4.78, 5) is 12.9. The minimum absolute atomic E-state index is 0.140. The molecule has 10 heteroatoms. The fourth-order valence-electron chi connectivity index (χ4n) is 7.52. The fraction of sp³-hybridized carbons (Fsp3) is 0.577. The van der Waals surface area contributed by atoms with Crippen molar-refractivity contribution in [3.63, 3.8) is 0 Å². The molecule has 0 radical (unpaired) electrons. The molecule has 2 aromatic carbocycles. The summed E-state index contributed by atoms with van der Waals surface area (Å²) in [6, 6.07) is 1.89. The van der Waals surface area contributed by atoms with E-state index in [0.717, 1.165) is 5.56 Å². The Hall–Kier alpha value is -2.47. The molecule has 3 aliphatic heterocycles. The molecule has 4 unspecified atom stereocenters. The Morgan fingerprint density at radius 1 is 1.17 bits per heavy atom. The van der Waals surface area contributed by atoms with Crippen LogP contribution in [-0.2, 0) is 25.4 Å². The van der Waals surface area contributed by atoms with Crippen molar-refractivity contribution in [1.82, 2.24) is 0 Å². The third kappa shape index (κ3) is 2.28. The quantitative estimate of drug-likeness (QED) is 0.420. The maximum absolute atomic E-state index is 12.9. The second-order valence-corrected chi connectivity index (χ2v) is 10.4. The smallest absolute Gasteiger partial charge is 0.267 e. The van der Waals surface area contributed by atoms with Crippen LogP contribution in [0.25, 0.3) is 10.8 Å². The number of rotatable bonds is 4. The molecular weight excluding hydrogens is 472 g/mol. The highest BCUT2D eigenvalue weighted by molar-refractivity contribution is 6.11. The fourth-order valence-corrected chi connectivity index (χ4v) is 7.52. The number of ether oxygens (including phenoxy) is 6.